The molecular formula is C16H23N5O2. The highest BCUT2D eigenvalue weighted by Gasteiger charge is 2.27. The number of H-pyrrole nitrogens is 2. The van der Waals surface area contributed by atoms with Crippen LogP contribution in [0.3, 0.4) is 0 Å². The van der Waals surface area contributed by atoms with Gasteiger partial charge in [-0.2, -0.15) is 5.10 Å². The fraction of sp³-hybridized carbons (Fsp3) is 0.562. The molecule has 0 aromatic carbocycles. The molecule has 7 heteroatoms. The molecule has 2 N–H and O–H groups in total. The van der Waals surface area contributed by atoms with Gasteiger partial charge in [0.2, 0.25) is 5.91 Å². The molecule has 0 spiro atoms. The van der Waals surface area contributed by atoms with Crippen LogP contribution in [0.15, 0.2) is 6.20 Å². The Bertz CT molecular complexity index is 671. The lowest BCUT2D eigenvalue weighted by Gasteiger charge is -2.32. The van der Waals surface area contributed by atoms with Gasteiger partial charge in [0.15, 0.2) is 0 Å². The molecule has 7 nitrogen and oxygen atoms in total. The van der Waals surface area contributed by atoms with Crippen molar-refractivity contribution in [2.75, 3.05) is 19.7 Å². The number of hydrogen-bond acceptors (Lipinski definition) is 4. The highest BCUT2D eigenvalue weighted by Crippen LogP contribution is 2.21. The third-order valence-corrected chi connectivity index (χ3v) is 4.32. The zero-order valence-corrected chi connectivity index (χ0v) is 13.8. The SMILES string of the molecule is Cc1cnc([C@@H]2CN(C(=O)CCc3c(C)n[nH]c3C)CCO2)[nH]1. The first kappa shape index (κ1) is 15.7. The molecule has 0 saturated carbocycles. The van der Waals surface area contributed by atoms with E-state index in [2.05, 4.69) is 20.2 Å². The van der Waals surface area contributed by atoms with Gasteiger partial charge in [-0.25, -0.2) is 4.98 Å². The van der Waals surface area contributed by atoms with Crippen LogP contribution in [-0.2, 0) is 16.0 Å². The number of aromatic amines is 2. The van der Waals surface area contributed by atoms with Crippen molar-refractivity contribution in [3.05, 3.63) is 34.7 Å². The van der Waals surface area contributed by atoms with Gasteiger partial charge in [-0.1, -0.05) is 0 Å². The van der Waals surface area contributed by atoms with Gasteiger partial charge >= 0.3 is 0 Å². The van der Waals surface area contributed by atoms with Crippen LogP contribution >= 0.6 is 0 Å². The van der Waals surface area contributed by atoms with E-state index >= 15 is 0 Å². The minimum Gasteiger partial charge on any atom is -0.367 e. The van der Waals surface area contributed by atoms with Crippen LogP contribution in [0.25, 0.3) is 0 Å². The van der Waals surface area contributed by atoms with Gasteiger partial charge in [0.05, 0.1) is 18.8 Å². The lowest BCUT2D eigenvalue weighted by atomic mass is 10.1. The van der Waals surface area contributed by atoms with E-state index in [9.17, 15) is 4.79 Å². The van der Waals surface area contributed by atoms with Gasteiger partial charge < -0.3 is 14.6 Å². The third kappa shape index (κ3) is 3.44. The fourth-order valence-electron chi connectivity index (χ4n) is 2.97. The maximum absolute atomic E-state index is 12.5. The summed E-state index contributed by atoms with van der Waals surface area (Å²) < 4.78 is 5.74. The summed E-state index contributed by atoms with van der Waals surface area (Å²) in [7, 11) is 0. The Hall–Kier alpha value is -2.15. The topological polar surface area (TPSA) is 86.9 Å². The van der Waals surface area contributed by atoms with Gasteiger partial charge in [0.25, 0.3) is 0 Å². The van der Waals surface area contributed by atoms with Crippen LogP contribution in [0.5, 0.6) is 0 Å². The van der Waals surface area contributed by atoms with Crippen LogP contribution in [0.1, 0.15) is 41.0 Å². The molecule has 1 aliphatic rings. The van der Waals surface area contributed by atoms with Gasteiger partial charge in [-0.15, -0.1) is 0 Å². The number of imidazole rings is 1. The van der Waals surface area contributed by atoms with Gasteiger partial charge in [-0.05, 0) is 32.8 Å². The lowest BCUT2D eigenvalue weighted by molar-refractivity contribution is -0.139. The second kappa shape index (κ2) is 6.54. The molecule has 0 unspecified atom stereocenters. The third-order valence-electron chi connectivity index (χ3n) is 4.32. The Kier molecular flexibility index (Phi) is 4.47. The van der Waals surface area contributed by atoms with Crippen molar-refractivity contribution in [2.24, 2.45) is 0 Å². The largest absolute Gasteiger partial charge is 0.367 e. The first-order valence-corrected chi connectivity index (χ1v) is 7.96. The van der Waals surface area contributed by atoms with Crippen molar-refractivity contribution in [3.8, 4) is 0 Å². The number of ether oxygens (including phenoxy) is 1. The summed E-state index contributed by atoms with van der Waals surface area (Å²) >= 11 is 0. The van der Waals surface area contributed by atoms with Crippen molar-refractivity contribution < 1.29 is 9.53 Å². The summed E-state index contributed by atoms with van der Waals surface area (Å²) in [6.45, 7) is 7.64. The van der Waals surface area contributed by atoms with E-state index in [0.717, 1.165) is 34.9 Å². The maximum atomic E-state index is 12.5. The first-order valence-electron chi connectivity index (χ1n) is 7.96. The minimum atomic E-state index is -0.168. The minimum absolute atomic E-state index is 0.154. The van der Waals surface area contributed by atoms with Crippen LogP contribution in [0.2, 0.25) is 0 Å². The van der Waals surface area contributed by atoms with E-state index in [1.165, 1.54) is 0 Å². The molecule has 1 atom stereocenters. The molecule has 3 rings (SSSR count). The zero-order valence-electron chi connectivity index (χ0n) is 13.8. The molecule has 3 heterocycles. The molecule has 2 aromatic heterocycles. The summed E-state index contributed by atoms with van der Waals surface area (Å²) in [5.41, 5.74) is 4.16. The highest BCUT2D eigenvalue weighted by atomic mass is 16.5. The molecule has 1 amide bonds. The molecule has 1 aliphatic heterocycles. The van der Waals surface area contributed by atoms with Crippen molar-refractivity contribution in [2.45, 2.75) is 39.7 Å². The van der Waals surface area contributed by atoms with E-state index in [-0.39, 0.29) is 12.0 Å². The quantitative estimate of drug-likeness (QED) is 0.896. The number of rotatable bonds is 4. The number of aryl methyl sites for hydroxylation is 3. The Morgan fingerprint density at radius 2 is 2.26 bits per heavy atom. The summed E-state index contributed by atoms with van der Waals surface area (Å²) in [6.07, 6.45) is 2.82. The fourth-order valence-corrected chi connectivity index (χ4v) is 2.97. The summed E-state index contributed by atoms with van der Waals surface area (Å²) in [5.74, 6) is 0.947. The normalized spacial score (nSPS) is 18.4. The van der Waals surface area contributed by atoms with Gasteiger partial charge in [0.1, 0.15) is 11.9 Å². The van der Waals surface area contributed by atoms with Crippen LogP contribution in [0, 0.1) is 20.8 Å². The van der Waals surface area contributed by atoms with Crippen molar-refractivity contribution in [1.29, 1.82) is 0 Å². The first-order chi connectivity index (χ1) is 11.0. The summed E-state index contributed by atoms with van der Waals surface area (Å²) in [4.78, 5) is 21.9. The molecule has 0 bridgehead atoms. The Labute approximate surface area is 135 Å². The smallest absolute Gasteiger partial charge is 0.223 e. The number of aromatic nitrogens is 4. The second-order valence-corrected chi connectivity index (χ2v) is 6.06. The molecule has 0 radical (unpaired) electrons. The van der Waals surface area contributed by atoms with E-state index in [1.807, 2.05) is 25.7 Å². The van der Waals surface area contributed by atoms with Crippen LogP contribution in [-0.4, -0.2) is 50.7 Å². The molecule has 0 aliphatic carbocycles. The number of carbonyl (C=O) groups is 1. The highest BCUT2D eigenvalue weighted by molar-refractivity contribution is 5.76. The zero-order chi connectivity index (χ0) is 16.4. The van der Waals surface area contributed by atoms with E-state index in [4.69, 9.17) is 4.74 Å². The Morgan fingerprint density at radius 1 is 1.43 bits per heavy atom. The number of nitrogens with one attached hydrogen (secondary N) is 2. The van der Waals surface area contributed by atoms with E-state index < -0.39 is 0 Å². The molecule has 1 saturated heterocycles. The van der Waals surface area contributed by atoms with Gasteiger partial charge in [0, 0.05) is 30.6 Å². The predicted molar refractivity (Wildman–Crippen MR) is 85.0 cm³/mol. The molecule has 1 fully saturated rings. The number of nitrogens with zero attached hydrogens (tertiary/aromatic N) is 3. The average Bonchev–Trinajstić information content (AvgIpc) is 3.12. The Balaban J connectivity index is 1.59. The maximum Gasteiger partial charge on any atom is 0.223 e. The van der Waals surface area contributed by atoms with Gasteiger partial charge in [-0.3, -0.25) is 9.89 Å². The monoisotopic (exact) mass is 317 g/mol. The number of carbonyl (C=O) groups excluding carboxylic acids is 1. The van der Waals surface area contributed by atoms with E-state index in [1.54, 1.807) is 6.20 Å². The average molecular weight is 317 g/mol. The Morgan fingerprint density at radius 3 is 2.91 bits per heavy atom. The lowest BCUT2D eigenvalue weighted by Crippen LogP contribution is -2.42. The molecule has 23 heavy (non-hydrogen) atoms. The van der Waals surface area contributed by atoms with Crippen molar-refractivity contribution in [3.63, 3.8) is 0 Å². The predicted octanol–water partition coefficient (Wildman–Crippen LogP) is 1.59. The summed E-state index contributed by atoms with van der Waals surface area (Å²) in [6, 6.07) is 0. The number of morpholine rings is 1. The molecule has 124 valence electrons. The molecular weight excluding hydrogens is 294 g/mol. The standard InChI is InChI=1S/C16H23N5O2/c1-10-8-17-16(18-10)14-9-21(6-7-23-14)15(22)5-4-13-11(2)19-20-12(13)3/h8,14H,4-7,9H2,1-3H3,(H,17,18)(H,19,20)/t14-/m0/s1. The summed E-state index contributed by atoms with van der Waals surface area (Å²) in [5, 5.41) is 7.14. The van der Waals surface area contributed by atoms with Crippen LogP contribution < -0.4 is 0 Å². The van der Waals surface area contributed by atoms with Crippen molar-refractivity contribution in [1.82, 2.24) is 25.1 Å². The van der Waals surface area contributed by atoms with Crippen LogP contribution in [0.4, 0.5) is 0 Å². The molecule has 2 aromatic rings. The number of amides is 1. The second-order valence-electron chi connectivity index (χ2n) is 6.06. The number of hydrogen-bond donors (Lipinski definition) is 2. The van der Waals surface area contributed by atoms with E-state index in [0.29, 0.717) is 26.1 Å². The van der Waals surface area contributed by atoms with Crippen molar-refractivity contribution >= 4 is 5.91 Å².